The first-order valence-electron chi connectivity index (χ1n) is 5.87. The predicted octanol–water partition coefficient (Wildman–Crippen LogP) is 2.32. The fraction of sp³-hybridized carbons (Fsp3) is 0.538. The minimum atomic E-state index is -0.687. The number of aliphatic hydroxyl groups is 1. The number of hydrogen-bond donors (Lipinski definition) is 4. The van der Waals surface area contributed by atoms with Crippen LogP contribution in [0.5, 0.6) is 11.5 Å². The Morgan fingerprint density at radius 3 is 2.28 bits per heavy atom. The normalized spacial score (nSPS) is 14.1. The molecule has 1 rings (SSSR count). The van der Waals surface area contributed by atoms with E-state index < -0.39 is 12.1 Å². The van der Waals surface area contributed by atoms with Gasteiger partial charge < -0.3 is 21.1 Å². The van der Waals surface area contributed by atoms with Crippen LogP contribution in [-0.2, 0) is 0 Å². The summed E-state index contributed by atoms with van der Waals surface area (Å²) >= 11 is 0. The van der Waals surface area contributed by atoms with Crippen LogP contribution in [0.25, 0.3) is 0 Å². The molecule has 5 heteroatoms. The van der Waals surface area contributed by atoms with E-state index in [9.17, 15) is 15.3 Å². The number of phenolic OH excluding ortho intramolecular Hbond substituents is 2. The minimum absolute atomic E-state index is 0. The van der Waals surface area contributed by atoms with Gasteiger partial charge >= 0.3 is 0 Å². The molecular formula is C13H22ClNO3. The summed E-state index contributed by atoms with van der Waals surface area (Å²) in [7, 11) is 0. The van der Waals surface area contributed by atoms with E-state index in [1.807, 2.05) is 0 Å². The third-order valence-corrected chi connectivity index (χ3v) is 2.83. The maximum atomic E-state index is 9.92. The van der Waals surface area contributed by atoms with Crippen LogP contribution in [0.4, 0.5) is 0 Å². The van der Waals surface area contributed by atoms with Gasteiger partial charge in [-0.05, 0) is 30.9 Å². The fourth-order valence-corrected chi connectivity index (χ4v) is 1.70. The van der Waals surface area contributed by atoms with Crippen LogP contribution in [-0.4, -0.2) is 21.4 Å². The quantitative estimate of drug-likeness (QED) is 0.664. The molecule has 2 atom stereocenters. The average molecular weight is 276 g/mol. The van der Waals surface area contributed by atoms with E-state index in [0.29, 0.717) is 17.9 Å². The highest BCUT2D eigenvalue weighted by Gasteiger charge is 2.20. The minimum Gasteiger partial charge on any atom is -0.508 e. The highest BCUT2D eigenvalue weighted by atomic mass is 35.5. The van der Waals surface area contributed by atoms with Gasteiger partial charge in [0.05, 0.1) is 12.1 Å². The molecule has 0 heterocycles. The van der Waals surface area contributed by atoms with Gasteiger partial charge in [-0.25, -0.2) is 0 Å². The number of halogens is 1. The van der Waals surface area contributed by atoms with E-state index >= 15 is 0 Å². The second-order valence-electron chi connectivity index (χ2n) is 4.81. The van der Waals surface area contributed by atoms with Gasteiger partial charge in [-0.2, -0.15) is 0 Å². The predicted molar refractivity (Wildman–Crippen MR) is 74.0 cm³/mol. The van der Waals surface area contributed by atoms with Crippen molar-refractivity contribution in [3.05, 3.63) is 23.8 Å². The van der Waals surface area contributed by atoms with Crippen molar-refractivity contribution >= 4 is 12.4 Å². The van der Waals surface area contributed by atoms with E-state index in [0.717, 1.165) is 6.42 Å². The molecule has 0 unspecified atom stereocenters. The summed E-state index contributed by atoms with van der Waals surface area (Å²) < 4.78 is 0. The third-order valence-electron chi connectivity index (χ3n) is 2.83. The molecule has 4 nitrogen and oxygen atoms in total. The molecule has 1 aromatic carbocycles. The lowest BCUT2D eigenvalue weighted by atomic mass is 9.95. The zero-order valence-corrected chi connectivity index (χ0v) is 11.5. The monoisotopic (exact) mass is 275 g/mol. The zero-order chi connectivity index (χ0) is 13.0. The van der Waals surface area contributed by atoms with E-state index in [1.165, 1.54) is 18.2 Å². The Morgan fingerprint density at radius 1 is 1.17 bits per heavy atom. The Morgan fingerprint density at radius 2 is 1.78 bits per heavy atom. The number of aliphatic hydroxyl groups excluding tert-OH is 1. The van der Waals surface area contributed by atoms with Gasteiger partial charge in [0.1, 0.15) is 11.5 Å². The first-order chi connectivity index (χ1) is 7.91. The summed E-state index contributed by atoms with van der Waals surface area (Å²) in [6.45, 7) is 4.16. The molecule has 0 aromatic heterocycles. The molecule has 0 aliphatic heterocycles. The average Bonchev–Trinajstić information content (AvgIpc) is 2.25. The second kappa shape index (κ2) is 7.46. The third kappa shape index (κ3) is 4.72. The van der Waals surface area contributed by atoms with Crippen molar-refractivity contribution in [2.45, 2.75) is 38.8 Å². The van der Waals surface area contributed by atoms with Gasteiger partial charge in [0, 0.05) is 11.6 Å². The Balaban J connectivity index is 0.00000289. The summed E-state index contributed by atoms with van der Waals surface area (Å²) in [5.74, 6) is 0.404. The molecule has 18 heavy (non-hydrogen) atoms. The van der Waals surface area contributed by atoms with Crippen LogP contribution in [0.2, 0.25) is 0 Å². The van der Waals surface area contributed by atoms with Gasteiger partial charge in [-0.15, -0.1) is 12.4 Å². The van der Waals surface area contributed by atoms with Crippen LogP contribution >= 0.6 is 12.4 Å². The molecule has 0 aliphatic rings. The SMILES string of the molecule is CC(C)CC[C@@H](O)[C@@H](N)c1ccc(O)cc1O.Cl. The highest BCUT2D eigenvalue weighted by Crippen LogP contribution is 2.29. The molecule has 0 spiro atoms. The molecule has 5 N–H and O–H groups in total. The van der Waals surface area contributed by atoms with Crippen LogP contribution in [0.3, 0.4) is 0 Å². The standard InChI is InChI=1S/C13H21NO3.ClH/c1-8(2)3-6-11(16)13(14)10-5-4-9(15)7-12(10)17;/h4-5,7-8,11,13,15-17H,3,6,14H2,1-2H3;1H/t11-,13+;/m1./s1. The number of rotatable bonds is 5. The summed E-state index contributed by atoms with van der Waals surface area (Å²) in [4.78, 5) is 0. The van der Waals surface area contributed by atoms with Crippen molar-refractivity contribution in [1.29, 1.82) is 0 Å². The second-order valence-corrected chi connectivity index (χ2v) is 4.81. The summed E-state index contributed by atoms with van der Waals surface area (Å²) in [6, 6.07) is 3.58. The topological polar surface area (TPSA) is 86.7 Å². The summed E-state index contributed by atoms with van der Waals surface area (Å²) in [6.07, 6.45) is 0.792. The fourth-order valence-electron chi connectivity index (χ4n) is 1.70. The summed E-state index contributed by atoms with van der Waals surface area (Å²) in [5, 5.41) is 28.7. The van der Waals surface area contributed by atoms with Gasteiger partial charge in [-0.3, -0.25) is 0 Å². The van der Waals surface area contributed by atoms with Crippen LogP contribution < -0.4 is 5.73 Å². The molecule has 0 aliphatic carbocycles. The molecule has 0 saturated carbocycles. The van der Waals surface area contributed by atoms with Crippen LogP contribution in [0, 0.1) is 5.92 Å². The van der Waals surface area contributed by atoms with Crippen molar-refractivity contribution in [3.8, 4) is 11.5 Å². The lowest BCUT2D eigenvalue weighted by molar-refractivity contribution is 0.127. The van der Waals surface area contributed by atoms with Gasteiger partial charge in [0.2, 0.25) is 0 Å². The Hall–Kier alpha value is -0.970. The first kappa shape index (κ1) is 17.0. The van der Waals surface area contributed by atoms with Crippen molar-refractivity contribution in [1.82, 2.24) is 0 Å². The van der Waals surface area contributed by atoms with Crippen molar-refractivity contribution < 1.29 is 15.3 Å². The lowest BCUT2D eigenvalue weighted by Crippen LogP contribution is -2.26. The summed E-state index contributed by atoms with van der Waals surface area (Å²) in [5.41, 5.74) is 6.34. The largest absolute Gasteiger partial charge is 0.508 e. The van der Waals surface area contributed by atoms with Crippen LogP contribution in [0.15, 0.2) is 18.2 Å². The molecule has 0 amide bonds. The molecule has 0 bridgehead atoms. The molecule has 0 fully saturated rings. The number of phenols is 2. The van der Waals surface area contributed by atoms with E-state index in [4.69, 9.17) is 5.73 Å². The van der Waals surface area contributed by atoms with E-state index in [2.05, 4.69) is 13.8 Å². The number of aromatic hydroxyl groups is 2. The molecule has 104 valence electrons. The van der Waals surface area contributed by atoms with E-state index in [1.54, 1.807) is 0 Å². The maximum absolute atomic E-state index is 9.92. The first-order valence-corrected chi connectivity index (χ1v) is 5.87. The number of benzene rings is 1. The smallest absolute Gasteiger partial charge is 0.124 e. The number of hydrogen-bond acceptors (Lipinski definition) is 4. The molecule has 0 radical (unpaired) electrons. The molecular weight excluding hydrogens is 254 g/mol. The van der Waals surface area contributed by atoms with Crippen molar-refractivity contribution in [2.24, 2.45) is 11.7 Å². The van der Waals surface area contributed by atoms with Gasteiger partial charge in [0.25, 0.3) is 0 Å². The zero-order valence-electron chi connectivity index (χ0n) is 10.7. The van der Waals surface area contributed by atoms with Crippen molar-refractivity contribution in [2.75, 3.05) is 0 Å². The van der Waals surface area contributed by atoms with Gasteiger partial charge in [0.15, 0.2) is 0 Å². The maximum Gasteiger partial charge on any atom is 0.124 e. The lowest BCUT2D eigenvalue weighted by Gasteiger charge is -2.20. The van der Waals surface area contributed by atoms with Crippen molar-refractivity contribution in [3.63, 3.8) is 0 Å². The van der Waals surface area contributed by atoms with E-state index in [-0.39, 0.29) is 23.9 Å². The highest BCUT2D eigenvalue weighted by molar-refractivity contribution is 5.85. The molecule has 0 saturated heterocycles. The van der Waals surface area contributed by atoms with Gasteiger partial charge in [-0.1, -0.05) is 13.8 Å². The Labute approximate surface area is 114 Å². The Bertz CT molecular complexity index is 371. The Kier molecular flexibility index (Phi) is 7.06. The molecule has 1 aromatic rings. The number of nitrogens with two attached hydrogens (primary N) is 1. The van der Waals surface area contributed by atoms with Crippen LogP contribution in [0.1, 0.15) is 38.3 Å².